The average molecular weight is 414 g/mol. The van der Waals surface area contributed by atoms with Gasteiger partial charge in [-0.25, -0.2) is 4.98 Å². The molecule has 7 heteroatoms. The lowest BCUT2D eigenvalue weighted by Crippen LogP contribution is -2.38. The molecule has 1 fully saturated rings. The first-order valence-electron chi connectivity index (χ1n) is 10.5. The quantitative estimate of drug-likeness (QED) is 0.642. The molecule has 0 bridgehead atoms. The van der Waals surface area contributed by atoms with Crippen molar-refractivity contribution in [3.63, 3.8) is 0 Å². The van der Waals surface area contributed by atoms with E-state index in [1.54, 1.807) is 0 Å². The van der Waals surface area contributed by atoms with Gasteiger partial charge in [-0.1, -0.05) is 0 Å². The molecule has 0 amide bonds. The number of fused-ring (bicyclic) bond motifs is 2. The van der Waals surface area contributed by atoms with Gasteiger partial charge in [0.2, 0.25) is 0 Å². The zero-order chi connectivity index (χ0) is 20.9. The van der Waals surface area contributed by atoms with Crippen LogP contribution in [0.4, 0.5) is 13.2 Å². The highest BCUT2D eigenvalue weighted by atomic mass is 19.4. The lowest BCUT2D eigenvalue weighted by atomic mass is 9.87. The second-order valence-electron chi connectivity index (χ2n) is 8.52. The monoisotopic (exact) mass is 414 g/mol. The first-order valence-corrected chi connectivity index (χ1v) is 10.5. The highest BCUT2D eigenvalue weighted by Gasteiger charge is 2.33. The summed E-state index contributed by atoms with van der Waals surface area (Å²) in [5, 5.41) is 4.65. The summed E-state index contributed by atoms with van der Waals surface area (Å²) in [5.74, 6) is 0. The Morgan fingerprint density at radius 2 is 2.07 bits per heavy atom. The average Bonchev–Trinajstić information content (AvgIpc) is 3.36. The summed E-state index contributed by atoms with van der Waals surface area (Å²) in [4.78, 5) is 9.23. The van der Waals surface area contributed by atoms with Gasteiger partial charge in [-0.15, -0.1) is 0 Å². The number of alkyl halides is 3. The third-order valence-corrected chi connectivity index (χ3v) is 6.36. The van der Waals surface area contributed by atoms with Crippen molar-refractivity contribution in [2.24, 2.45) is 0 Å². The summed E-state index contributed by atoms with van der Waals surface area (Å²) < 4.78 is 38.9. The molecule has 0 unspecified atom stereocenters. The van der Waals surface area contributed by atoms with Crippen molar-refractivity contribution in [3.05, 3.63) is 52.8 Å². The van der Waals surface area contributed by atoms with Gasteiger partial charge >= 0.3 is 6.18 Å². The molecule has 158 valence electrons. The molecule has 30 heavy (non-hydrogen) atoms. The molecule has 0 aliphatic carbocycles. The number of aromatic amines is 1. The van der Waals surface area contributed by atoms with Crippen LogP contribution in [0.3, 0.4) is 0 Å². The topological polar surface area (TPSA) is 44.0 Å². The second kappa shape index (κ2) is 7.39. The van der Waals surface area contributed by atoms with Gasteiger partial charge in [0.15, 0.2) is 0 Å². The van der Waals surface area contributed by atoms with E-state index in [1.807, 2.05) is 19.3 Å². The standard InChI is InChI=1S/C23H25F3N4/c1-14-10-28-22-19(14)9-16(11-29-22)15-7-17-12-30(13-23(24,25)26)6-4-18(17)20(8-15)21-3-2-5-27-21/h7-11,21,27H,2-6,12-13H2,1H3,(H,28,29)/t21-/m0/s1. The van der Waals surface area contributed by atoms with Gasteiger partial charge in [-0.05, 0) is 78.7 Å². The molecule has 3 aromatic rings. The summed E-state index contributed by atoms with van der Waals surface area (Å²) >= 11 is 0. The lowest BCUT2D eigenvalue weighted by molar-refractivity contribution is -0.147. The van der Waals surface area contributed by atoms with E-state index in [0.29, 0.717) is 19.5 Å². The number of pyridine rings is 1. The molecule has 4 heterocycles. The van der Waals surface area contributed by atoms with Crippen molar-refractivity contribution < 1.29 is 13.2 Å². The zero-order valence-electron chi connectivity index (χ0n) is 16.9. The molecule has 2 aliphatic heterocycles. The van der Waals surface area contributed by atoms with Gasteiger partial charge in [0.05, 0.1) is 6.54 Å². The Labute approximate surface area is 173 Å². The van der Waals surface area contributed by atoms with Gasteiger partial charge in [-0.2, -0.15) is 13.2 Å². The zero-order valence-corrected chi connectivity index (χ0v) is 16.9. The summed E-state index contributed by atoms with van der Waals surface area (Å²) in [7, 11) is 0. The Balaban J connectivity index is 1.58. The van der Waals surface area contributed by atoms with Gasteiger partial charge in [0.1, 0.15) is 5.65 Å². The maximum absolute atomic E-state index is 13.0. The molecule has 2 aromatic heterocycles. The molecule has 0 spiro atoms. The van der Waals surface area contributed by atoms with E-state index >= 15 is 0 Å². The van der Waals surface area contributed by atoms with E-state index in [0.717, 1.165) is 52.7 Å². The maximum Gasteiger partial charge on any atom is 0.401 e. The van der Waals surface area contributed by atoms with Crippen molar-refractivity contribution in [1.29, 1.82) is 0 Å². The molecular formula is C23H25F3N4. The number of H-pyrrole nitrogens is 1. The van der Waals surface area contributed by atoms with Crippen LogP contribution in [0.2, 0.25) is 0 Å². The fraction of sp³-hybridized carbons (Fsp3) is 0.435. The predicted molar refractivity (Wildman–Crippen MR) is 111 cm³/mol. The van der Waals surface area contributed by atoms with E-state index < -0.39 is 12.7 Å². The number of aryl methyl sites for hydroxylation is 1. The Morgan fingerprint density at radius 1 is 1.20 bits per heavy atom. The normalized spacial score (nSPS) is 20.1. The Hall–Kier alpha value is -2.38. The predicted octanol–water partition coefficient (Wildman–Crippen LogP) is 4.88. The number of halogens is 3. The van der Waals surface area contributed by atoms with Crippen LogP contribution in [-0.2, 0) is 13.0 Å². The molecule has 5 rings (SSSR count). The molecule has 0 saturated carbocycles. The maximum atomic E-state index is 13.0. The van der Waals surface area contributed by atoms with Crippen molar-refractivity contribution in [1.82, 2.24) is 20.2 Å². The molecule has 1 saturated heterocycles. The van der Waals surface area contributed by atoms with Gasteiger partial charge in [0, 0.05) is 42.5 Å². The minimum atomic E-state index is -4.17. The molecule has 2 aliphatic rings. The van der Waals surface area contributed by atoms with Gasteiger partial charge < -0.3 is 10.3 Å². The smallest absolute Gasteiger partial charge is 0.346 e. The molecule has 4 nitrogen and oxygen atoms in total. The van der Waals surface area contributed by atoms with Crippen molar-refractivity contribution in [3.8, 4) is 11.1 Å². The first-order chi connectivity index (χ1) is 14.4. The van der Waals surface area contributed by atoms with Gasteiger partial charge in [0.25, 0.3) is 0 Å². The van der Waals surface area contributed by atoms with Crippen LogP contribution < -0.4 is 5.32 Å². The van der Waals surface area contributed by atoms with Crippen LogP contribution in [0.25, 0.3) is 22.2 Å². The minimum absolute atomic E-state index is 0.276. The molecule has 1 atom stereocenters. The number of rotatable bonds is 3. The highest BCUT2D eigenvalue weighted by molar-refractivity contribution is 5.84. The van der Waals surface area contributed by atoms with Crippen molar-refractivity contribution >= 4 is 11.0 Å². The number of hydrogen-bond donors (Lipinski definition) is 2. The minimum Gasteiger partial charge on any atom is -0.346 e. The van der Waals surface area contributed by atoms with Crippen molar-refractivity contribution in [2.45, 2.75) is 44.9 Å². The number of hydrogen-bond acceptors (Lipinski definition) is 3. The third kappa shape index (κ3) is 3.72. The number of benzene rings is 1. The van der Waals surface area contributed by atoms with E-state index in [4.69, 9.17) is 0 Å². The van der Waals surface area contributed by atoms with E-state index in [-0.39, 0.29) is 6.04 Å². The van der Waals surface area contributed by atoms with Crippen LogP contribution in [0.1, 0.15) is 41.1 Å². The Kier molecular flexibility index (Phi) is 4.82. The summed E-state index contributed by atoms with van der Waals surface area (Å²) in [6, 6.07) is 6.70. The Morgan fingerprint density at radius 3 is 2.83 bits per heavy atom. The SMILES string of the molecule is Cc1c[nH]c2ncc(-c3cc4c(c([C@@H]5CCCN5)c3)CCN(CC(F)(F)F)C4)cc12. The fourth-order valence-electron chi connectivity index (χ4n) is 4.90. The summed E-state index contributed by atoms with van der Waals surface area (Å²) in [5.41, 5.74) is 7.50. The third-order valence-electron chi connectivity index (χ3n) is 6.36. The largest absolute Gasteiger partial charge is 0.401 e. The fourth-order valence-corrected chi connectivity index (χ4v) is 4.90. The first kappa shape index (κ1) is 19.6. The number of nitrogens with one attached hydrogen (secondary N) is 2. The van der Waals surface area contributed by atoms with Crippen LogP contribution in [0.15, 0.2) is 30.6 Å². The molecule has 0 radical (unpaired) electrons. The van der Waals surface area contributed by atoms with E-state index in [2.05, 4.69) is 33.5 Å². The van der Waals surface area contributed by atoms with Crippen LogP contribution >= 0.6 is 0 Å². The van der Waals surface area contributed by atoms with Crippen LogP contribution in [0, 0.1) is 6.92 Å². The molecule has 1 aromatic carbocycles. The summed E-state index contributed by atoms with van der Waals surface area (Å²) in [6.45, 7) is 2.95. The van der Waals surface area contributed by atoms with E-state index in [9.17, 15) is 13.2 Å². The number of aromatic nitrogens is 2. The number of nitrogens with zero attached hydrogens (tertiary/aromatic N) is 2. The second-order valence-corrected chi connectivity index (χ2v) is 8.52. The molecular weight excluding hydrogens is 389 g/mol. The van der Waals surface area contributed by atoms with Gasteiger partial charge in [-0.3, -0.25) is 4.90 Å². The van der Waals surface area contributed by atoms with E-state index in [1.165, 1.54) is 16.0 Å². The molecule has 2 N–H and O–H groups in total. The van der Waals surface area contributed by atoms with Crippen LogP contribution in [0.5, 0.6) is 0 Å². The van der Waals surface area contributed by atoms with Crippen molar-refractivity contribution in [2.75, 3.05) is 19.6 Å². The highest BCUT2D eigenvalue weighted by Crippen LogP contribution is 2.36. The Bertz CT molecular complexity index is 1080. The van der Waals surface area contributed by atoms with Crippen LogP contribution in [-0.4, -0.2) is 40.7 Å². The lowest BCUT2D eigenvalue weighted by Gasteiger charge is -2.32. The summed E-state index contributed by atoms with van der Waals surface area (Å²) in [6.07, 6.45) is 2.47.